The van der Waals surface area contributed by atoms with Gasteiger partial charge in [-0.1, -0.05) is 140 Å². The van der Waals surface area contributed by atoms with Crippen molar-refractivity contribution in [3.63, 3.8) is 0 Å². The molecule has 0 N–H and O–H groups in total. The molecule has 2 aliphatic carbocycles. The van der Waals surface area contributed by atoms with Crippen molar-refractivity contribution in [3.8, 4) is 45.3 Å². The molecule has 0 amide bonds. The molecule has 2 unspecified atom stereocenters. The van der Waals surface area contributed by atoms with Crippen molar-refractivity contribution in [2.75, 3.05) is 0 Å². The lowest BCUT2D eigenvalue weighted by molar-refractivity contribution is 0.578. The minimum absolute atomic E-state index is 0.184. The van der Waals surface area contributed by atoms with Gasteiger partial charge < -0.3 is 4.42 Å². The number of hydrogen-bond donors (Lipinski definition) is 0. The SMILES string of the molecule is C1=CC2C=Cc3oc4c(-c5nc(-c6ccc7ccccc7c6)nc(-c6ccc7ccccc7c6)n5)ccc(-c5ccccc5)c4c3C2C=C1. The summed E-state index contributed by atoms with van der Waals surface area (Å²) in [6.45, 7) is 0. The van der Waals surface area contributed by atoms with E-state index in [0.717, 1.165) is 55.3 Å². The minimum Gasteiger partial charge on any atom is -0.456 e. The van der Waals surface area contributed by atoms with E-state index in [-0.39, 0.29) is 11.8 Å². The molecule has 0 spiro atoms. The lowest BCUT2D eigenvalue weighted by Crippen LogP contribution is -2.12. The normalized spacial score (nSPS) is 16.3. The monoisotopic (exact) mass is 627 g/mol. The molecule has 49 heavy (non-hydrogen) atoms. The van der Waals surface area contributed by atoms with Gasteiger partial charge in [-0.05, 0) is 56.9 Å². The molecule has 2 atom stereocenters. The maximum Gasteiger partial charge on any atom is 0.167 e. The van der Waals surface area contributed by atoms with Crippen LogP contribution in [0, 0.1) is 5.92 Å². The van der Waals surface area contributed by atoms with Crippen LogP contribution in [0.3, 0.4) is 0 Å². The van der Waals surface area contributed by atoms with Crippen molar-refractivity contribution in [1.82, 2.24) is 15.0 Å². The van der Waals surface area contributed by atoms with E-state index in [1.54, 1.807) is 0 Å². The van der Waals surface area contributed by atoms with Crippen molar-refractivity contribution in [2.45, 2.75) is 5.92 Å². The van der Waals surface area contributed by atoms with E-state index in [1.165, 1.54) is 16.3 Å². The standard InChI is InChI=1S/C45H29N3O/c1-2-12-30(13-3-1)37-23-24-38(42-41(37)40-36-17-9-8-14-31(36)22-25-39(40)49-42)45-47-43(34-20-18-28-10-4-6-15-32(28)26-34)46-44(48-45)35-21-19-29-11-5-7-16-33(29)27-35/h1-27,31,36H. The fraction of sp³-hybridized carbons (Fsp3) is 0.0444. The van der Waals surface area contributed by atoms with Gasteiger partial charge in [0.15, 0.2) is 17.5 Å². The first kappa shape index (κ1) is 27.7. The largest absolute Gasteiger partial charge is 0.456 e. The number of fused-ring (bicyclic) bond motifs is 7. The van der Waals surface area contributed by atoms with Crippen LogP contribution < -0.4 is 0 Å². The van der Waals surface area contributed by atoms with Crippen molar-refractivity contribution < 1.29 is 4.42 Å². The lowest BCUT2D eigenvalue weighted by Gasteiger charge is -2.25. The topological polar surface area (TPSA) is 51.8 Å². The summed E-state index contributed by atoms with van der Waals surface area (Å²) in [6, 6.07) is 44.4. The van der Waals surface area contributed by atoms with E-state index >= 15 is 0 Å². The molecule has 6 aromatic carbocycles. The molecular weight excluding hydrogens is 599 g/mol. The molecule has 230 valence electrons. The first-order valence-corrected chi connectivity index (χ1v) is 16.7. The molecule has 2 aliphatic rings. The number of furan rings is 1. The Balaban J connectivity index is 1.24. The molecule has 0 radical (unpaired) electrons. The second-order valence-electron chi connectivity index (χ2n) is 12.8. The Labute approximate surface area is 283 Å². The quantitative estimate of drug-likeness (QED) is 0.195. The third kappa shape index (κ3) is 4.64. The van der Waals surface area contributed by atoms with Crippen LogP contribution in [0.5, 0.6) is 0 Å². The van der Waals surface area contributed by atoms with Crippen LogP contribution in [-0.4, -0.2) is 15.0 Å². The van der Waals surface area contributed by atoms with Crippen LogP contribution in [0.25, 0.3) is 83.9 Å². The fourth-order valence-corrected chi connectivity index (χ4v) is 7.44. The molecule has 10 rings (SSSR count). The number of benzene rings is 6. The Bertz CT molecular complexity index is 2580. The molecular formula is C45H29N3O. The van der Waals surface area contributed by atoms with Gasteiger partial charge in [0.25, 0.3) is 0 Å². The highest BCUT2D eigenvalue weighted by Crippen LogP contribution is 2.48. The minimum atomic E-state index is 0.184. The number of aromatic nitrogens is 3. The molecule has 4 heteroatoms. The van der Waals surface area contributed by atoms with Gasteiger partial charge in [-0.25, -0.2) is 15.0 Å². The first-order chi connectivity index (χ1) is 24.3. The van der Waals surface area contributed by atoms with E-state index in [9.17, 15) is 0 Å². The zero-order valence-corrected chi connectivity index (χ0v) is 26.5. The molecule has 0 fully saturated rings. The highest BCUT2D eigenvalue weighted by Gasteiger charge is 2.32. The number of hydrogen-bond acceptors (Lipinski definition) is 4. The molecule has 2 heterocycles. The molecule has 0 aliphatic heterocycles. The molecule has 4 nitrogen and oxygen atoms in total. The van der Waals surface area contributed by atoms with E-state index in [0.29, 0.717) is 17.5 Å². The third-order valence-corrected chi connectivity index (χ3v) is 9.86. The summed E-state index contributed by atoms with van der Waals surface area (Å²) < 4.78 is 6.85. The lowest BCUT2D eigenvalue weighted by atomic mass is 9.77. The van der Waals surface area contributed by atoms with Gasteiger partial charge in [0, 0.05) is 33.9 Å². The summed E-state index contributed by atoms with van der Waals surface area (Å²) in [5, 5.41) is 5.73. The zero-order valence-electron chi connectivity index (χ0n) is 26.5. The van der Waals surface area contributed by atoms with E-state index in [4.69, 9.17) is 19.4 Å². The Hall–Kier alpha value is -6.39. The van der Waals surface area contributed by atoms with E-state index in [1.807, 2.05) is 0 Å². The van der Waals surface area contributed by atoms with Crippen molar-refractivity contribution in [1.29, 1.82) is 0 Å². The maximum absolute atomic E-state index is 6.85. The van der Waals surface area contributed by atoms with Crippen LogP contribution in [0.1, 0.15) is 17.2 Å². The number of nitrogens with zero attached hydrogens (tertiary/aromatic N) is 3. The van der Waals surface area contributed by atoms with Gasteiger partial charge in [0.1, 0.15) is 11.3 Å². The number of allylic oxidation sites excluding steroid dienone is 5. The van der Waals surface area contributed by atoms with Crippen LogP contribution in [0.15, 0.2) is 162 Å². The average molecular weight is 628 g/mol. The summed E-state index contributed by atoms with van der Waals surface area (Å²) >= 11 is 0. The average Bonchev–Trinajstić information content (AvgIpc) is 3.58. The predicted octanol–water partition coefficient (Wildman–Crippen LogP) is 11.4. The highest BCUT2D eigenvalue weighted by atomic mass is 16.3. The Morgan fingerprint density at radius 1 is 0.469 bits per heavy atom. The van der Waals surface area contributed by atoms with Crippen LogP contribution in [-0.2, 0) is 0 Å². The summed E-state index contributed by atoms with van der Waals surface area (Å²) in [4.78, 5) is 15.5. The summed E-state index contributed by atoms with van der Waals surface area (Å²) in [6.07, 6.45) is 13.2. The van der Waals surface area contributed by atoms with Gasteiger partial charge in [0.05, 0.1) is 5.56 Å². The van der Waals surface area contributed by atoms with Gasteiger partial charge in [-0.2, -0.15) is 0 Å². The Kier molecular flexibility index (Phi) is 6.28. The molecule has 0 bridgehead atoms. The third-order valence-electron chi connectivity index (χ3n) is 9.86. The summed E-state index contributed by atoms with van der Waals surface area (Å²) in [5.41, 5.74) is 7.00. The molecule has 8 aromatic rings. The van der Waals surface area contributed by atoms with Gasteiger partial charge in [-0.3, -0.25) is 0 Å². The highest BCUT2D eigenvalue weighted by molar-refractivity contribution is 6.05. The van der Waals surface area contributed by atoms with Crippen LogP contribution in [0.2, 0.25) is 0 Å². The smallest absolute Gasteiger partial charge is 0.167 e. The van der Waals surface area contributed by atoms with Gasteiger partial charge in [-0.15, -0.1) is 0 Å². The van der Waals surface area contributed by atoms with E-state index in [2.05, 4.69) is 164 Å². The summed E-state index contributed by atoms with van der Waals surface area (Å²) in [7, 11) is 0. The van der Waals surface area contributed by atoms with Crippen molar-refractivity contribution in [3.05, 3.63) is 169 Å². The predicted molar refractivity (Wildman–Crippen MR) is 200 cm³/mol. The molecule has 0 saturated carbocycles. The van der Waals surface area contributed by atoms with Crippen LogP contribution >= 0.6 is 0 Å². The van der Waals surface area contributed by atoms with E-state index < -0.39 is 0 Å². The summed E-state index contributed by atoms with van der Waals surface area (Å²) in [5.74, 6) is 3.17. The Morgan fingerprint density at radius 3 is 1.76 bits per heavy atom. The second kappa shape index (κ2) is 11.1. The maximum atomic E-state index is 6.85. The second-order valence-corrected chi connectivity index (χ2v) is 12.8. The van der Waals surface area contributed by atoms with Crippen LogP contribution in [0.4, 0.5) is 0 Å². The number of rotatable bonds is 4. The fourth-order valence-electron chi connectivity index (χ4n) is 7.44. The van der Waals surface area contributed by atoms with Gasteiger partial charge in [0.2, 0.25) is 0 Å². The van der Waals surface area contributed by atoms with Crippen molar-refractivity contribution >= 4 is 38.6 Å². The molecule has 0 saturated heterocycles. The Morgan fingerprint density at radius 2 is 1.06 bits per heavy atom. The molecule has 2 aromatic heterocycles. The van der Waals surface area contributed by atoms with Crippen molar-refractivity contribution in [2.24, 2.45) is 5.92 Å². The van der Waals surface area contributed by atoms with Gasteiger partial charge >= 0.3 is 0 Å². The zero-order chi connectivity index (χ0) is 32.3. The first-order valence-electron chi connectivity index (χ1n) is 16.7.